The van der Waals surface area contributed by atoms with E-state index in [1.165, 1.54) is 5.56 Å². The third-order valence-corrected chi connectivity index (χ3v) is 5.30. The number of para-hydroxylation sites is 1. The molecule has 2 aliphatic heterocycles. The van der Waals surface area contributed by atoms with Crippen LogP contribution in [0.1, 0.15) is 37.3 Å². The molecule has 0 radical (unpaired) electrons. The van der Waals surface area contributed by atoms with Crippen molar-refractivity contribution in [1.29, 1.82) is 0 Å². The quantitative estimate of drug-likeness (QED) is 0.807. The van der Waals surface area contributed by atoms with E-state index in [-0.39, 0.29) is 11.8 Å². The highest BCUT2D eigenvalue weighted by Gasteiger charge is 2.38. The lowest BCUT2D eigenvalue weighted by molar-refractivity contribution is -0.145. The average molecular weight is 376 g/mol. The molecule has 2 aromatic rings. The molecule has 2 aromatic carbocycles. The molecule has 5 heteroatoms. The van der Waals surface area contributed by atoms with Crippen molar-refractivity contribution >= 4 is 23.6 Å². The SMILES string of the molecule is CC(C)c1ccc(NC(=O)C(C2=Cc3ccccc3OC2)N2CCC2=O)cc1. The maximum absolute atomic E-state index is 13.1. The van der Waals surface area contributed by atoms with Gasteiger partial charge in [0.05, 0.1) is 0 Å². The van der Waals surface area contributed by atoms with Gasteiger partial charge in [-0.25, -0.2) is 0 Å². The average Bonchev–Trinajstić information content (AvgIpc) is 2.70. The minimum absolute atomic E-state index is 0.00457. The van der Waals surface area contributed by atoms with Gasteiger partial charge >= 0.3 is 0 Å². The Hall–Kier alpha value is -3.08. The first-order chi connectivity index (χ1) is 13.5. The lowest BCUT2D eigenvalue weighted by atomic mass is 9.96. The zero-order valence-corrected chi connectivity index (χ0v) is 16.1. The lowest BCUT2D eigenvalue weighted by Gasteiger charge is -2.39. The Balaban J connectivity index is 1.59. The summed E-state index contributed by atoms with van der Waals surface area (Å²) in [6.45, 7) is 5.15. The predicted octanol–water partition coefficient (Wildman–Crippen LogP) is 3.83. The summed E-state index contributed by atoms with van der Waals surface area (Å²) >= 11 is 0. The number of hydrogen-bond acceptors (Lipinski definition) is 3. The smallest absolute Gasteiger partial charge is 0.251 e. The van der Waals surface area contributed by atoms with Crippen LogP contribution >= 0.6 is 0 Å². The van der Waals surface area contributed by atoms with Gasteiger partial charge in [0, 0.05) is 24.2 Å². The number of nitrogens with one attached hydrogen (secondary N) is 1. The second-order valence-corrected chi connectivity index (χ2v) is 7.55. The minimum atomic E-state index is -0.653. The summed E-state index contributed by atoms with van der Waals surface area (Å²) in [5, 5.41) is 2.97. The van der Waals surface area contributed by atoms with Gasteiger partial charge in [-0.3, -0.25) is 9.59 Å². The van der Waals surface area contributed by atoms with Crippen LogP contribution in [0.5, 0.6) is 5.75 Å². The molecule has 0 bridgehead atoms. The summed E-state index contributed by atoms with van der Waals surface area (Å²) in [7, 11) is 0. The second kappa shape index (κ2) is 7.50. The Kier molecular flexibility index (Phi) is 4.90. The molecule has 1 atom stereocenters. The molecule has 0 saturated carbocycles. The van der Waals surface area contributed by atoms with Gasteiger partial charge in [-0.05, 0) is 41.3 Å². The van der Waals surface area contributed by atoms with Crippen LogP contribution in [0.25, 0.3) is 6.08 Å². The van der Waals surface area contributed by atoms with Crippen molar-refractivity contribution in [2.24, 2.45) is 0 Å². The van der Waals surface area contributed by atoms with E-state index in [9.17, 15) is 9.59 Å². The minimum Gasteiger partial charge on any atom is -0.489 e. The third kappa shape index (κ3) is 3.52. The highest BCUT2D eigenvalue weighted by Crippen LogP contribution is 2.30. The summed E-state index contributed by atoms with van der Waals surface area (Å²) in [4.78, 5) is 26.9. The molecule has 144 valence electrons. The number of amides is 2. The highest BCUT2D eigenvalue weighted by atomic mass is 16.5. The monoisotopic (exact) mass is 376 g/mol. The second-order valence-electron chi connectivity index (χ2n) is 7.55. The number of nitrogens with zero attached hydrogens (tertiary/aromatic N) is 1. The van der Waals surface area contributed by atoms with Crippen LogP contribution < -0.4 is 10.1 Å². The van der Waals surface area contributed by atoms with Crippen molar-refractivity contribution in [2.75, 3.05) is 18.5 Å². The molecule has 4 rings (SSSR count). The molecule has 5 nitrogen and oxygen atoms in total. The fourth-order valence-electron chi connectivity index (χ4n) is 3.57. The number of rotatable bonds is 5. The number of fused-ring (bicyclic) bond motifs is 1. The van der Waals surface area contributed by atoms with Crippen molar-refractivity contribution < 1.29 is 14.3 Å². The standard InChI is InChI=1S/C23H24N2O3/c1-15(2)16-7-9-19(10-8-16)24-23(27)22(25-12-11-21(25)26)18-13-17-5-3-4-6-20(17)28-14-18/h3-10,13,15,22H,11-12,14H2,1-2H3,(H,24,27). The van der Waals surface area contributed by atoms with Crippen molar-refractivity contribution in [1.82, 2.24) is 4.90 Å². The lowest BCUT2D eigenvalue weighted by Crippen LogP contribution is -2.56. The molecule has 0 spiro atoms. The van der Waals surface area contributed by atoms with Gasteiger partial charge in [-0.15, -0.1) is 0 Å². The van der Waals surface area contributed by atoms with Gasteiger partial charge < -0.3 is 15.0 Å². The van der Waals surface area contributed by atoms with Crippen LogP contribution in [-0.4, -0.2) is 35.9 Å². The van der Waals surface area contributed by atoms with E-state index in [2.05, 4.69) is 19.2 Å². The molecule has 2 amide bonds. The number of likely N-dealkylation sites (tertiary alicyclic amines) is 1. The number of ether oxygens (including phenoxy) is 1. The Morgan fingerprint density at radius 2 is 1.86 bits per heavy atom. The first-order valence-corrected chi connectivity index (χ1v) is 9.65. The van der Waals surface area contributed by atoms with E-state index in [1.807, 2.05) is 54.6 Å². The number of anilines is 1. The largest absolute Gasteiger partial charge is 0.489 e. The number of hydrogen-bond donors (Lipinski definition) is 1. The molecule has 1 saturated heterocycles. The van der Waals surface area contributed by atoms with Crippen molar-refractivity contribution in [3.63, 3.8) is 0 Å². The summed E-state index contributed by atoms with van der Waals surface area (Å²) in [6.07, 6.45) is 2.45. The molecule has 2 aliphatic rings. The number of β-lactam (4-membered cyclic amide) rings is 1. The van der Waals surface area contributed by atoms with E-state index in [1.54, 1.807) is 4.90 Å². The van der Waals surface area contributed by atoms with Crippen LogP contribution in [-0.2, 0) is 9.59 Å². The zero-order valence-electron chi connectivity index (χ0n) is 16.1. The van der Waals surface area contributed by atoms with Crippen molar-refractivity contribution in [2.45, 2.75) is 32.2 Å². The van der Waals surface area contributed by atoms with E-state index >= 15 is 0 Å². The summed E-state index contributed by atoms with van der Waals surface area (Å²) in [5.41, 5.74) is 3.66. The van der Waals surface area contributed by atoms with Crippen LogP contribution in [0.4, 0.5) is 5.69 Å². The molecular weight excluding hydrogens is 352 g/mol. The van der Waals surface area contributed by atoms with Crippen LogP contribution in [0.2, 0.25) is 0 Å². The van der Waals surface area contributed by atoms with Gasteiger partial charge in [0.15, 0.2) is 0 Å². The Morgan fingerprint density at radius 1 is 1.11 bits per heavy atom. The van der Waals surface area contributed by atoms with Gasteiger partial charge in [0.1, 0.15) is 18.4 Å². The molecule has 28 heavy (non-hydrogen) atoms. The summed E-state index contributed by atoms with van der Waals surface area (Å²) in [5.74, 6) is 1.01. The normalized spacial score (nSPS) is 16.6. The molecular formula is C23H24N2O3. The first kappa shape index (κ1) is 18.3. The maximum atomic E-state index is 13.1. The number of carbonyl (C=O) groups is 2. The van der Waals surface area contributed by atoms with Crippen LogP contribution in [0.3, 0.4) is 0 Å². The molecule has 1 fully saturated rings. The zero-order chi connectivity index (χ0) is 19.7. The fourth-order valence-corrected chi connectivity index (χ4v) is 3.57. The predicted molar refractivity (Wildman–Crippen MR) is 109 cm³/mol. The van der Waals surface area contributed by atoms with E-state index in [0.717, 1.165) is 22.6 Å². The third-order valence-electron chi connectivity index (χ3n) is 5.30. The Bertz CT molecular complexity index is 931. The number of carbonyl (C=O) groups excluding carboxylic acids is 2. The maximum Gasteiger partial charge on any atom is 0.251 e. The van der Waals surface area contributed by atoms with Gasteiger partial charge in [-0.1, -0.05) is 44.2 Å². The van der Waals surface area contributed by atoms with Crippen LogP contribution in [0, 0.1) is 0 Å². The fraction of sp³-hybridized carbons (Fsp3) is 0.304. The van der Waals surface area contributed by atoms with E-state index in [4.69, 9.17) is 4.74 Å². The van der Waals surface area contributed by atoms with Crippen LogP contribution in [0.15, 0.2) is 54.1 Å². The molecule has 0 aromatic heterocycles. The van der Waals surface area contributed by atoms with E-state index in [0.29, 0.717) is 25.5 Å². The summed E-state index contributed by atoms with van der Waals surface area (Å²) in [6, 6.07) is 14.9. The molecule has 2 heterocycles. The van der Waals surface area contributed by atoms with Crippen molar-refractivity contribution in [3.05, 3.63) is 65.2 Å². The van der Waals surface area contributed by atoms with Gasteiger partial charge in [0.2, 0.25) is 5.91 Å². The Labute approximate surface area is 165 Å². The Morgan fingerprint density at radius 3 is 2.50 bits per heavy atom. The van der Waals surface area contributed by atoms with Gasteiger partial charge in [-0.2, -0.15) is 0 Å². The summed E-state index contributed by atoms with van der Waals surface area (Å²) < 4.78 is 5.83. The van der Waals surface area contributed by atoms with Gasteiger partial charge in [0.25, 0.3) is 5.91 Å². The number of benzene rings is 2. The molecule has 0 aliphatic carbocycles. The molecule has 1 unspecified atom stereocenters. The first-order valence-electron chi connectivity index (χ1n) is 9.65. The molecule has 1 N–H and O–H groups in total. The topological polar surface area (TPSA) is 58.6 Å². The van der Waals surface area contributed by atoms with E-state index < -0.39 is 6.04 Å². The van der Waals surface area contributed by atoms with Crippen molar-refractivity contribution in [3.8, 4) is 5.75 Å². The highest BCUT2D eigenvalue weighted by molar-refractivity contribution is 6.01.